The first-order valence-corrected chi connectivity index (χ1v) is 13.5. The summed E-state index contributed by atoms with van der Waals surface area (Å²) in [5.74, 6) is -1.63. The number of ether oxygens (including phenoxy) is 1. The van der Waals surface area contributed by atoms with Crippen LogP contribution in [-0.4, -0.2) is 51.5 Å². The van der Waals surface area contributed by atoms with Crippen LogP contribution in [-0.2, 0) is 4.74 Å². The van der Waals surface area contributed by atoms with Crippen LogP contribution in [0.4, 0.5) is 20.2 Å². The fourth-order valence-electron chi connectivity index (χ4n) is 6.15. The average Bonchev–Trinajstić information content (AvgIpc) is 3.23. The van der Waals surface area contributed by atoms with E-state index in [1.807, 2.05) is 19.1 Å². The number of halogens is 2. The molecule has 3 fully saturated rings. The van der Waals surface area contributed by atoms with Gasteiger partial charge in [-0.25, -0.2) is 13.8 Å². The number of hydrogen-bond donors (Lipinski definition) is 1. The lowest BCUT2D eigenvalue weighted by Crippen LogP contribution is -2.27. The molecule has 2 aliphatic heterocycles. The van der Waals surface area contributed by atoms with E-state index in [9.17, 15) is 18.4 Å². The van der Waals surface area contributed by atoms with Crippen molar-refractivity contribution in [3.05, 3.63) is 76.0 Å². The molecule has 0 unspecified atom stereocenters. The minimum Gasteiger partial charge on any atom is -0.379 e. The SMILES string of the molecule is Cc1nc2c(N3CCC4(CC4)C3)c(NC(=O)c3ccc(=O)n(-c4c(F)cccc4F)n3)ccc2n1[C@H]1CCOC1. The van der Waals surface area contributed by atoms with Gasteiger partial charge in [-0.1, -0.05) is 6.07 Å². The Morgan fingerprint density at radius 3 is 2.58 bits per heavy atom. The number of imidazole rings is 1. The smallest absolute Gasteiger partial charge is 0.276 e. The van der Waals surface area contributed by atoms with Gasteiger partial charge >= 0.3 is 0 Å². The maximum Gasteiger partial charge on any atom is 0.276 e. The van der Waals surface area contributed by atoms with E-state index < -0.39 is 28.8 Å². The average molecular weight is 547 g/mol. The van der Waals surface area contributed by atoms with E-state index in [1.54, 1.807) is 0 Å². The van der Waals surface area contributed by atoms with Gasteiger partial charge in [0.1, 0.15) is 22.7 Å². The summed E-state index contributed by atoms with van der Waals surface area (Å²) >= 11 is 0. The number of anilines is 2. The molecule has 4 aromatic rings. The zero-order chi connectivity index (χ0) is 27.6. The predicted octanol–water partition coefficient (Wildman–Crippen LogP) is 4.37. The van der Waals surface area contributed by atoms with Crippen LogP contribution in [0.1, 0.15) is 48.0 Å². The van der Waals surface area contributed by atoms with E-state index in [2.05, 4.69) is 19.9 Å². The molecule has 0 bridgehead atoms. The van der Waals surface area contributed by atoms with Gasteiger partial charge in [0.05, 0.1) is 29.5 Å². The highest BCUT2D eigenvalue weighted by Crippen LogP contribution is 2.54. The topological polar surface area (TPSA) is 94.3 Å². The van der Waals surface area contributed by atoms with Gasteiger partial charge < -0.3 is 19.5 Å². The van der Waals surface area contributed by atoms with Gasteiger partial charge in [-0.3, -0.25) is 9.59 Å². The van der Waals surface area contributed by atoms with Crippen molar-refractivity contribution in [2.75, 3.05) is 36.5 Å². The van der Waals surface area contributed by atoms with Crippen molar-refractivity contribution in [2.45, 2.75) is 38.6 Å². The molecule has 9 nitrogen and oxygen atoms in total. The third kappa shape index (κ3) is 4.07. The molecule has 206 valence electrons. The Morgan fingerprint density at radius 1 is 1.07 bits per heavy atom. The van der Waals surface area contributed by atoms with Crippen molar-refractivity contribution in [1.29, 1.82) is 0 Å². The van der Waals surface area contributed by atoms with Crippen molar-refractivity contribution in [1.82, 2.24) is 19.3 Å². The third-order valence-electron chi connectivity index (χ3n) is 8.42. The summed E-state index contributed by atoms with van der Waals surface area (Å²) in [5, 5.41) is 6.97. The molecule has 2 aromatic heterocycles. The molecule has 7 rings (SSSR count). The Hall–Kier alpha value is -4.12. The van der Waals surface area contributed by atoms with Crippen LogP contribution in [0.25, 0.3) is 16.7 Å². The Bertz CT molecular complexity index is 1700. The summed E-state index contributed by atoms with van der Waals surface area (Å²) in [6.07, 6.45) is 4.41. The number of aryl methyl sites for hydroxylation is 1. The number of carbonyl (C=O) groups is 1. The zero-order valence-electron chi connectivity index (χ0n) is 22.0. The number of carbonyl (C=O) groups excluding carboxylic acids is 1. The summed E-state index contributed by atoms with van der Waals surface area (Å²) < 4.78 is 37.3. The van der Waals surface area contributed by atoms with Gasteiger partial charge in [0.25, 0.3) is 11.5 Å². The minimum absolute atomic E-state index is 0.154. The summed E-state index contributed by atoms with van der Waals surface area (Å²) in [7, 11) is 0. The first-order valence-electron chi connectivity index (χ1n) is 13.5. The highest BCUT2D eigenvalue weighted by molar-refractivity contribution is 6.08. The number of hydrogen-bond acceptors (Lipinski definition) is 6. The summed E-state index contributed by atoms with van der Waals surface area (Å²) in [5.41, 5.74) is 2.01. The van der Waals surface area contributed by atoms with Gasteiger partial charge in [0.15, 0.2) is 11.6 Å². The van der Waals surface area contributed by atoms with Crippen LogP contribution in [0.2, 0.25) is 0 Å². The fraction of sp³-hybridized carbons (Fsp3) is 0.379. The Balaban J connectivity index is 1.29. The molecule has 1 aliphatic carbocycles. The number of amides is 1. The van der Waals surface area contributed by atoms with Crippen molar-refractivity contribution < 1.29 is 18.3 Å². The lowest BCUT2D eigenvalue weighted by atomic mass is 10.1. The molecule has 2 saturated heterocycles. The molecule has 1 spiro atoms. The van der Waals surface area contributed by atoms with Gasteiger partial charge in [-0.2, -0.15) is 9.78 Å². The van der Waals surface area contributed by atoms with Gasteiger partial charge in [0, 0.05) is 25.8 Å². The van der Waals surface area contributed by atoms with E-state index in [0.717, 1.165) is 66.7 Å². The molecule has 40 heavy (non-hydrogen) atoms. The molecule has 1 atom stereocenters. The molecular formula is C29H28F2N6O3. The van der Waals surface area contributed by atoms with E-state index >= 15 is 0 Å². The highest BCUT2D eigenvalue weighted by Gasteiger charge is 2.48. The molecule has 3 aliphatic rings. The molecule has 0 radical (unpaired) electrons. The molecule has 4 heterocycles. The van der Waals surface area contributed by atoms with Crippen molar-refractivity contribution in [3.63, 3.8) is 0 Å². The normalized spacial score (nSPS) is 19.6. The second kappa shape index (κ2) is 9.22. The molecular weight excluding hydrogens is 518 g/mol. The predicted molar refractivity (Wildman–Crippen MR) is 145 cm³/mol. The highest BCUT2D eigenvalue weighted by atomic mass is 19.1. The first-order chi connectivity index (χ1) is 19.3. The van der Waals surface area contributed by atoms with Crippen LogP contribution in [0.5, 0.6) is 0 Å². The zero-order valence-corrected chi connectivity index (χ0v) is 22.0. The van der Waals surface area contributed by atoms with Crippen LogP contribution >= 0.6 is 0 Å². The van der Waals surface area contributed by atoms with Crippen molar-refractivity contribution in [2.24, 2.45) is 5.41 Å². The third-order valence-corrected chi connectivity index (χ3v) is 8.42. The number of aromatic nitrogens is 4. The largest absolute Gasteiger partial charge is 0.379 e. The number of benzene rings is 2. The lowest BCUT2D eigenvalue weighted by molar-refractivity contribution is 0.102. The number of para-hydroxylation sites is 1. The molecule has 11 heteroatoms. The summed E-state index contributed by atoms with van der Waals surface area (Å²) in [4.78, 5) is 33.2. The fourth-order valence-corrected chi connectivity index (χ4v) is 6.15. The number of fused-ring (bicyclic) bond motifs is 1. The number of nitrogens with zero attached hydrogens (tertiary/aromatic N) is 5. The second-order valence-electron chi connectivity index (χ2n) is 11.0. The summed E-state index contributed by atoms with van der Waals surface area (Å²) in [6, 6.07) is 9.61. The number of rotatable bonds is 5. The first kappa shape index (κ1) is 24.9. The van der Waals surface area contributed by atoms with Crippen LogP contribution in [0.15, 0.2) is 47.3 Å². The van der Waals surface area contributed by atoms with Crippen LogP contribution < -0.4 is 15.8 Å². The Morgan fingerprint density at radius 2 is 1.88 bits per heavy atom. The van der Waals surface area contributed by atoms with Gasteiger partial charge in [-0.05, 0) is 68.4 Å². The second-order valence-corrected chi connectivity index (χ2v) is 11.0. The van der Waals surface area contributed by atoms with E-state index in [1.165, 1.54) is 25.0 Å². The molecule has 1 saturated carbocycles. The van der Waals surface area contributed by atoms with E-state index in [-0.39, 0.29) is 11.7 Å². The van der Waals surface area contributed by atoms with Crippen molar-refractivity contribution in [3.8, 4) is 5.69 Å². The van der Waals surface area contributed by atoms with Crippen LogP contribution in [0.3, 0.4) is 0 Å². The maximum atomic E-state index is 14.4. The molecule has 1 N–H and O–H groups in total. The Labute approximate surface area is 228 Å². The maximum absolute atomic E-state index is 14.4. The van der Waals surface area contributed by atoms with E-state index in [4.69, 9.17) is 9.72 Å². The standard InChI is InChI=1S/C29H28F2N6O3/c1-17-32-25-23(36(17)18-9-14-40-15-18)7-5-21(27(25)35-13-12-29(16-35)10-11-29)33-28(39)22-6-8-24(38)37(34-22)26-19(30)3-2-4-20(26)31/h2-8,18H,9-16H2,1H3,(H,33,39)/t18-/m0/s1. The number of nitrogens with one attached hydrogen (secondary N) is 1. The lowest BCUT2D eigenvalue weighted by Gasteiger charge is -2.23. The quantitative estimate of drug-likeness (QED) is 0.400. The summed E-state index contributed by atoms with van der Waals surface area (Å²) in [6.45, 7) is 5.09. The Kier molecular flexibility index (Phi) is 5.74. The monoisotopic (exact) mass is 546 g/mol. The van der Waals surface area contributed by atoms with E-state index in [0.29, 0.717) is 29.0 Å². The van der Waals surface area contributed by atoms with Gasteiger partial charge in [0.2, 0.25) is 0 Å². The molecule has 2 aromatic carbocycles. The van der Waals surface area contributed by atoms with Gasteiger partial charge in [-0.15, -0.1) is 0 Å². The van der Waals surface area contributed by atoms with Crippen LogP contribution in [0, 0.1) is 24.0 Å². The minimum atomic E-state index is -0.957. The molecule has 1 amide bonds. The van der Waals surface area contributed by atoms with Crippen molar-refractivity contribution >= 4 is 28.3 Å².